The fourth-order valence-corrected chi connectivity index (χ4v) is 3.60. The summed E-state index contributed by atoms with van der Waals surface area (Å²) in [6.07, 6.45) is 2.63. The van der Waals surface area contributed by atoms with Gasteiger partial charge in [-0.1, -0.05) is 13.0 Å². The van der Waals surface area contributed by atoms with E-state index in [1.54, 1.807) is 6.08 Å². The van der Waals surface area contributed by atoms with E-state index in [-0.39, 0.29) is 17.2 Å². The first-order chi connectivity index (χ1) is 9.95. The van der Waals surface area contributed by atoms with Crippen molar-refractivity contribution in [3.8, 4) is 0 Å². The average molecular weight is 308 g/mol. The number of nitrogens with two attached hydrogens (primary N) is 2. The van der Waals surface area contributed by atoms with Crippen LogP contribution >= 0.6 is 11.3 Å². The number of anilines is 2. The topological polar surface area (TPSA) is 101 Å². The number of amides is 2. The molecule has 5 N–H and O–H groups in total. The Kier molecular flexibility index (Phi) is 4.52. The molecule has 0 aliphatic carbocycles. The van der Waals surface area contributed by atoms with Gasteiger partial charge in [0.05, 0.1) is 11.3 Å². The zero-order chi connectivity index (χ0) is 15.6. The first-order valence-electron chi connectivity index (χ1n) is 6.81. The van der Waals surface area contributed by atoms with Gasteiger partial charge in [0, 0.05) is 19.6 Å². The fraction of sp³-hybridized carbons (Fsp3) is 0.429. The number of primary amides is 1. The third-order valence-corrected chi connectivity index (χ3v) is 4.76. The number of hydrogen-bond donors (Lipinski definition) is 3. The molecule has 1 aliphatic heterocycles. The molecule has 1 atom stereocenters. The third kappa shape index (κ3) is 3.02. The summed E-state index contributed by atoms with van der Waals surface area (Å²) in [5.41, 5.74) is 11.9. The number of nitrogen functional groups attached to an aromatic ring is 1. The van der Waals surface area contributed by atoms with Crippen LogP contribution in [0.15, 0.2) is 12.7 Å². The van der Waals surface area contributed by atoms with Crippen molar-refractivity contribution in [1.82, 2.24) is 5.32 Å². The van der Waals surface area contributed by atoms with E-state index in [1.165, 1.54) is 11.3 Å². The number of nitrogens with zero attached hydrogens (tertiary/aromatic N) is 1. The van der Waals surface area contributed by atoms with E-state index in [1.807, 2.05) is 0 Å². The highest BCUT2D eigenvalue weighted by atomic mass is 32.1. The van der Waals surface area contributed by atoms with Gasteiger partial charge in [-0.25, -0.2) is 0 Å². The van der Waals surface area contributed by atoms with Gasteiger partial charge >= 0.3 is 0 Å². The Morgan fingerprint density at radius 3 is 2.81 bits per heavy atom. The van der Waals surface area contributed by atoms with Crippen LogP contribution in [0.5, 0.6) is 0 Å². The second kappa shape index (κ2) is 6.17. The predicted molar refractivity (Wildman–Crippen MR) is 85.8 cm³/mol. The van der Waals surface area contributed by atoms with Crippen LogP contribution in [-0.4, -0.2) is 31.4 Å². The number of carbonyl (C=O) groups is 2. The monoisotopic (exact) mass is 308 g/mol. The molecule has 2 amide bonds. The molecule has 114 valence electrons. The zero-order valence-corrected chi connectivity index (χ0v) is 12.8. The highest BCUT2D eigenvalue weighted by molar-refractivity contribution is 7.19. The van der Waals surface area contributed by atoms with Crippen LogP contribution in [-0.2, 0) is 0 Å². The smallest absolute Gasteiger partial charge is 0.263 e. The van der Waals surface area contributed by atoms with Crippen molar-refractivity contribution in [2.24, 2.45) is 11.7 Å². The molecular formula is C14H20N4O2S. The lowest BCUT2D eigenvalue weighted by Gasteiger charge is -2.17. The Balaban J connectivity index is 2.38. The van der Waals surface area contributed by atoms with Crippen molar-refractivity contribution in [3.63, 3.8) is 0 Å². The summed E-state index contributed by atoms with van der Waals surface area (Å²) in [6, 6.07) is 0. The summed E-state index contributed by atoms with van der Waals surface area (Å²) < 4.78 is 0. The first-order valence-corrected chi connectivity index (χ1v) is 7.63. The summed E-state index contributed by atoms with van der Waals surface area (Å²) in [7, 11) is 0. The van der Waals surface area contributed by atoms with Crippen molar-refractivity contribution in [3.05, 3.63) is 23.1 Å². The van der Waals surface area contributed by atoms with Gasteiger partial charge in [0.1, 0.15) is 9.88 Å². The fourth-order valence-electron chi connectivity index (χ4n) is 2.43. The van der Waals surface area contributed by atoms with Crippen LogP contribution in [0.1, 0.15) is 33.4 Å². The Hall–Kier alpha value is -2.02. The van der Waals surface area contributed by atoms with Crippen LogP contribution < -0.4 is 21.7 Å². The van der Waals surface area contributed by atoms with Crippen LogP contribution in [0.25, 0.3) is 0 Å². The van der Waals surface area contributed by atoms with Gasteiger partial charge in [-0.2, -0.15) is 0 Å². The molecule has 0 radical (unpaired) electrons. The van der Waals surface area contributed by atoms with Crippen molar-refractivity contribution in [2.45, 2.75) is 13.3 Å². The van der Waals surface area contributed by atoms with Gasteiger partial charge in [0.15, 0.2) is 0 Å². The quantitative estimate of drug-likeness (QED) is 0.711. The maximum absolute atomic E-state index is 12.1. The van der Waals surface area contributed by atoms with Gasteiger partial charge in [-0.3, -0.25) is 9.59 Å². The van der Waals surface area contributed by atoms with E-state index < -0.39 is 5.91 Å². The minimum Gasteiger partial charge on any atom is -0.397 e. The predicted octanol–water partition coefficient (Wildman–Crippen LogP) is 1.19. The Labute approximate surface area is 127 Å². The SMILES string of the molecule is C=CCNC(=O)c1sc(N2CCC(C)C2)c(C(N)=O)c1N. The largest absolute Gasteiger partial charge is 0.397 e. The van der Waals surface area contributed by atoms with E-state index in [0.717, 1.165) is 19.5 Å². The van der Waals surface area contributed by atoms with E-state index in [9.17, 15) is 9.59 Å². The average Bonchev–Trinajstić information content (AvgIpc) is 2.99. The molecule has 1 saturated heterocycles. The van der Waals surface area contributed by atoms with Crippen molar-refractivity contribution < 1.29 is 9.59 Å². The lowest BCUT2D eigenvalue weighted by Crippen LogP contribution is -2.24. The molecule has 0 spiro atoms. The molecule has 0 bridgehead atoms. The standard InChI is InChI=1S/C14H20N4O2S/c1-3-5-17-13(20)11-10(15)9(12(16)19)14(21-11)18-6-4-8(2)7-18/h3,8H,1,4-7,15H2,2H3,(H2,16,19)(H,17,20). The first kappa shape index (κ1) is 15.4. The summed E-state index contributed by atoms with van der Waals surface area (Å²) in [5, 5.41) is 3.37. The number of carbonyl (C=O) groups excluding carboxylic acids is 2. The molecule has 1 unspecified atom stereocenters. The molecule has 2 heterocycles. The van der Waals surface area contributed by atoms with Crippen molar-refractivity contribution in [1.29, 1.82) is 0 Å². The molecule has 0 saturated carbocycles. The molecule has 2 rings (SSSR count). The van der Waals surface area contributed by atoms with Crippen molar-refractivity contribution >= 4 is 33.8 Å². The lowest BCUT2D eigenvalue weighted by molar-refractivity contribution is 0.0962. The van der Waals surface area contributed by atoms with E-state index in [0.29, 0.717) is 22.3 Å². The number of rotatable bonds is 5. The summed E-state index contributed by atoms with van der Waals surface area (Å²) in [6.45, 7) is 7.73. The molecule has 21 heavy (non-hydrogen) atoms. The molecule has 7 heteroatoms. The van der Waals surface area contributed by atoms with Crippen LogP contribution in [0.2, 0.25) is 0 Å². The van der Waals surface area contributed by atoms with E-state index >= 15 is 0 Å². The Morgan fingerprint density at radius 2 is 2.29 bits per heavy atom. The molecule has 1 fully saturated rings. The lowest BCUT2D eigenvalue weighted by atomic mass is 10.2. The highest BCUT2D eigenvalue weighted by Gasteiger charge is 2.29. The van der Waals surface area contributed by atoms with Gasteiger partial charge in [-0.15, -0.1) is 17.9 Å². The van der Waals surface area contributed by atoms with Gasteiger partial charge in [-0.05, 0) is 12.3 Å². The molecule has 1 aliphatic rings. The van der Waals surface area contributed by atoms with Crippen LogP contribution in [0.4, 0.5) is 10.7 Å². The van der Waals surface area contributed by atoms with Gasteiger partial charge < -0.3 is 21.7 Å². The normalized spacial score (nSPS) is 17.8. The van der Waals surface area contributed by atoms with Gasteiger partial charge in [0.2, 0.25) is 0 Å². The molecule has 6 nitrogen and oxygen atoms in total. The van der Waals surface area contributed by atoms with E-state index in [4.69, 9.17) is 11.5 Å². The summed E-state index contributed by atoms with van der Waals surface area (Å²) in [5.74, 6) is -0.355. The molecule has 1 aromatic rings. The second-order valence-corrected chi connectivity index (χ2v) is 6.23. The minimum atomic E-state index is -0.596. The minimum absolute atomic E-state index is 0.170. The second-order valence-electron chi connectivity index (χ2n) is 5.23. The summed E-state index contributed by atoms with van der Waals surface area (Å²) >= 11 is 1.23. The third-order valence-electron chi connectivity index (χ3n) is 3.50. The number of nitrogens with one attached hydrogen (secondary N) is 1. The van der Waals surface area contributed by atoms with Crippen LogP contribution in [0, 0.1) is 5.92 Å². The molecule has 1 aromatic heterocycles. The van der Waals surface area contributed by atoms with Crippen molar-refractivity contribution in [2.75, 3.05) is 30.3 Å². The zero-order valence-electron chi connectivity index (χ0n) is 12.0. The molecular weight excluding hydrogens is 288 g/mol. The number of thiophene rings is 1. The Bertz CT molecular complexity index is 582. The maximum atomic E-state index is 12.1. The van der Waals surface area contributed by atoms with Crippen LogP contribution in [0.3, 0.4) is 0 Å². The molecule has 0 aromatic carbocycles. The summed E-state index contributed by atoms with van der Waals surface area (Å²) in [4.78, 5) is 26.2. The maximum Gasteiger partial charge on any atom is 0.263 e. The van der Waals surface area contributed by atoms with Gasteiger partial charge in [0.25, 0.3) is 11.8 Å². The highest BCUT2D eigenvalue weighted by Crippen LogP contribution is 2.40. The van der Waals surface area contributed by atoms with E-state index in [2.05, 4.69) is 23.7 Å². The Morgan fingerprint density at radius 1 is 1.57 bits per heavy atom. The number of hydrogen-bond acceptors (Lipinski definition) is 5.